The van der Waals surface area contributed by atoms with Crippen LogP contribution in [-0.4, -0.2) is 92.1 Å². The summed E-state index contributed by atoms with van der Waals surface area (Å²) in [4.78, 5) is 61.5. The molecule has 4 heterocycles. The van der Waals surface area contributed by atoms with E-state index in [1.807, 2.05) is 24.3 Å². The minimum absolute atomic E-state index is 0.114. The van der Waals surface area contributed by atoms with E-state index in [-0.39, 0.29) is 35.9 Å². The summed E-state index contributed by atoms with van der Waals surface area (Å²) in [5, 5.41) is 10.0. The van der Waals surface area contributed by atoms with E-state index >= 15 is 0 Å². The van der Waals surface area contributed by atoms with Gasteiger partial charge in [0, 0.05) is 52.2 Å². The zero-order valence-electron chi connectivity index (χ0n) is 31.9. The van der Waals surface area contributed by atoms with Crippen molar-refractivity contribution >= 4 is 35.0 Å². The van der Waals surface area contributed by atoms with E-state index in [4.69, 9.17) is 18.9 Å². The number of hydrogen-bond acceptors (Lipinski definition) is 9. The molecule has 4 amide bonds. The average molecular weight is 761 g/mol. The number of anilines is 2. The minimum atomic E-state index is -0.674. The second-order valence-corrected chi connectivity index (χ2v) is 14.6. The average Bonchev–Trinajstić information content (AvgIpc) is 3.33. The van der Waals surface area contributed by atoms with Crippen molar-refractivity contribution in [3.8, 4) is 28.7 Å². The number of hydrogen-bond donors (Lipinski definition) is 1. The van der Waals surface area contributed by atoms with Crippen LogP contribution in [0.4, 0.5) is 11.4 Å². The van der Waals surface area contributed by atoms with Crippen molar-refractivity contribution in [1.29, 1.82) is 0 Å². The lowest BCUT2D eigenvalue weighted by Gasteiger charge is -2.35. The predicted molar refractivity (Wildman–Crippen MR) is 207 cm³/mol. The molecule has 0 aromatic heterocycles. The molecule has 0 aliphatic carbocycles. The van der Waals surface area contributed by atoms with Crippen LogP contribution < -0.4 is 28.7 Å². The molecule has 0 saturated heterocycles. The predicted octanol–water partition coefficient (Wildman–Crippen LogP) is 5.12. The van der Waals surface area contributed by atoms with Gasteiger partial charge in [-0.3, -0.25) is 19.2 Å². The van der Waals surface area contributed by atoms with E-state index in [1.165, 1.54) is 19.1 Å². The number of fused-ring (bicyclic) bond motifs is 6. The maximum atomic E-state index is 13.9. The second-order valence-electron chi connectivity index (χ2n) is 14.6. The quantitative estimate of drug-likeness (QED) is 0.218. The second kappa shape index (κ2) is 14.8. The van der Waals surface area contributed by atoms with Crippen molar-refractivity contribution in [3.63, 3.8) is 0 Å². The van der Waals surface area contributed by atoms with Gasteiger partial charge in [-0.25, -0.2) is 0 Å². The molecule has 2 atom stereocenters. The highest BCUT2D eigenvalue weighted by molar-refractivity contribution is 6.12. The standard InChI is InChI=1S/C43H44N4O9/c1-44-32-21-38(36(53-3)19-30(32)40(49)46-23-27-11-7-6-10-25(27)17-34(46)42(44)51)55-14-8-5-9-15-56-39-22-33-31(20-37(39)54-4)41(50)47-24-28-16-29(48)13-12-26(28)18-35(47)43(52)45(33)2/h6-7,10-13,16,19-22,34-35,48H,5,8-9,14-15,17-18,23-24H2,1-4H3/t34-,35-/m0/s1. The Bertz CT molecular complexity index is 2260. The summed E-state index contributed by atoms with van der Waals surface area (Å²) in [5.41, 5.74) is 5.50. The van der Waals surface area contributed by atoms with Crippen LogP contribution in [0.5, 0.6) is 28.7 Å². The molecule has 0 saturated carbocycles. The zero-order chi connectivity index (χ0) is 39.2. The lowest BCUT2D eigenvalue weighted by molar-refractivity contribution is -0.123. The van der Waals surface area contributed by atoms with Gasteiger partial charge in [-0.1, -0.05) is 30.3 Å². The molecule has 4 aromatic rings. The third-order valence-corrected chi connectivity index (χ3v) is 11.4. The Morgan fingerprint density at radius 1 is 0.589 bits per heavy atom. The number of likely N-dealkylation sites (N-methyl/N-ethyl adjacent to an activating group) is 2. The summed E-state index contributed by atoms with van der Waals surface area (Å²) in [6, 6.07) is 18.4. The third-order valence-electron chi connectivity index (χ3n) is 11.4. The largest absolute Gasteiger partial charge is 0.508 e. The fourth-order valence-electron chi connectivity index (χ4n) is 8.24. The molecular weight excluding hydrogens is 716 g/mol. The van der Waals surface area contributed by atoms with Crippen molar-refractivity contribution in [1.82, 2.24) is 9.80 Å². The molecule has 0 fully saturated rings. The summed E-state index contributed by atoms with van der Waals surface area (Å²) >= 11 is 0. The van der Waals surface area contributed by atoms with Crippen LogP contribution in [0.25, 0.3) is 0 Å². The Morgan fingerprint density at radius 3 is 1.59 bits per heavy atom. The molecule has 13 heteroatoms. The van der Waals surface area contributed by atoms with Crippen LogP contribution in [0.15, 0.2) is 66.7 Å². The Kier molecular flexibility index (Phi) is 9.69. The van der Waals surface area contributed by atoms with E-state index in [1.54, 1.807) is 71.3 Å². The molecule has 0 radical (unpaired) electrons. The molecular formula is C43H44N4O9. The highest BCUT2D eigenvalue weighted by Crippen LogP contribution is 2.42. The Morgan fingerprint density at radius 2 is 1.07 bits per heavy atom. The van der Waals surface area contributed by atoms with Crippen LogP contribution in [0, 0.1) is 0 Å². The van der Waals surface area contributed by atoms with Crippen molar-refractivity contribution < 1.29 is 43.2 Å². The van der Waals surface area contributed by atoms with Gasteiger partial charge in [0.25, 0.3) is 11.8 Å². The lowest BCUT2D eigenvalue weighted by Crippen LogP contribution is -2.50. The van der Waals surface area contributed by atoms with Crippen LogP contribution >= 0.6 is 0 Å². The van der Waals surface area contributed by atoms with Gasteiger partial charge in [0.05, 0.1) is 49.9 Å². The van der Waals surface area contributed by atoms with Crippen LogP contribution in [0.1, 0.15) is 62.2 Å². The normalized spacial score (nSPS) is 18.5. The van der Waals surface area contributed by atoms with Crippen molar-refractivity contribution in [2.45, 2.75) is 57.3 Å². The third kappa shape index (κ3) is 6.40. The molecule has 4 aliphatic heterocycles. The zero-order valence-corrected chi connectivity index (χ0v) is 31.9. The van der Waals surface area contributed by atoms with Crippen molar-refractivity contribution in [2.24, 2.45) is 0 Å². The number of methoxy groups -OCH3 is 2. The van der Waals surface area contributed by atoms with Crippen molar-refractivity contribution in [2.75, 3.05) is 51.3 Å². The first-order valence-electron chi connectivity index (χ1n) is 18.8. The highest BCUT2D eigenvalue weighted by Gasteiger charge is 2.43. The molecule has 1 N–H and O–H groups in total. The summed E-state index contributed by atoms with van der Waals surface area (Å²) in [7, 11) is 6.39. The number of carbonyl (C=O) groups is 4. The number of benzene rings is 4. The van der Waals surface area contributed by atoms with Crippen LogP contribution in [0.3, 0.4) is 0 Å². The van der Waals surface area contributed by atoms with E-state index in [2.05, 4.69) is 0 Å². The number of phenolic OH excluding ortho intramolecular Hbond substituents is 1. The summed E-state index contributed by atoms with van der Waals surface area (Å²) < 4.78 is 23.6. The van der Waals surface area contributed by atoms with Gasteiger partial charge in [0.15, 0.2) is 23.0 Å². The Balaban J connectivity index is 0.896. The minimum Gasteiger partial charge on any atom is -0.508 e. The van der Waals surface area contributed by atoms with Crippen LogP contribution in [0.2, 0.25) is 0 Å². The van der Waals surface area contributed by atoms with Gasteiger partial charge < -0.3 is 43.7 Å². The molecule has 13 nitrogen and oxygen atoms in total. The number of amides is 4. The molecule has 8 rings (SSSR count). The molecule has 4 aliphatic rings. The SMILES string of the molecule is COc1cc2c(cc1OCCCCCOc1cc3c(cc1OC)C(=O)N1Cc4cc(O)ccc4C[C@H]1C(=O)N3C)N(C)C(=O)[C@@H]1Cc3ccccc3CN1C2=O. The first kappa shape index (κ1) is 36.7. The van der Waals surface area contributed by atoms with Crippen LogP contribution in [-0.2, 0) is 35.5 Å². The Hall–Kier alpha value is -6.24. The first-order valence-corrected chi connectivity index (χ1v) is 18.8. The highest BCUT2D eigenvalue weighted by atomic mass is 16.5. The smallest absolute Gasteiger partial charge is 0.257 e. The van der Waals surface area contributed by atoms with E-state index in [0.717, 1.165) is 28.7 Å². The number of rotatable bonds is 10. The van der Waals surface area contributed by atoms with Crippen molar-refractivity contribution in [3.05, 3.63) is 100 Å². The van der Waals surface area contributed by atoms with Gasteiger partial charge in [0.2, 0.25) is 11.8 Å². The molecule has 4 aromatic carbocycles. The fraction of sp³-hybridized carbons (Fsp3) is 0.349. The van der Waals surface area contributed by atoms with Gasteiger partial charge in [-0.2, -0.15) is 0 Å². The van der Waals surface area contributed by atoms with E-state index in [0.29, 0.717) is 90.9 Å². The topological polar surface area (TPSA) is 138 Å². The van der Waals surface area contributed by atoms with E-state index < -0.39 is 12.1 Å². The molecule has 290 valence electrons. The number of nitrogens with zero attached hydrogens (tertiary/aromatic N) is 4. The van der Waals surface area contributed by atoms with Gasteiger partial charge in [0.1, 0.15) is 17.8 Å². The Labute approximate surface area is 324 Å². The molecule has 0 bridgehead atoms. The maximum Gasteiger partial charge on any atom is 0.257 e. The monoisotopic (exact) mass is 760 g/mol. The molecule has 0 unspecified atom stereocenters. The number of aromatic hydroxyl groups is 1. The fourth-order valence-corrected chi connectivity index (χ4v) is 8.24. The van der Waals surface area contributed by atoms with Gasteiger partial charge in [-0.15, -0.1) is 0 Å². The molecule has 0 spiro atoms. The number of unbranched alkanes of at least 4 members (excludes halogenated alkanes) is 2. The van der Waals surface area contributed by atoms with E-state index in [9.17, 15) is 24.3 Å². The number of phenols is 1. The first-order chi connectivity index (χ1) is 27.1. The summed E-state index contributed by atoms with van der Waals surface area (Å²) in [6.07, 6.45) is 2.95. The van der Waals surface area contributed by atoms with Gasteiger partial charge >= 0.3 is 0 Å². The summed E-state index contributed by atoms with van der Waals surface area (Å²) in [6.45, 7) is 1.29. The lowest BCUT2D eigenvalue weighted by atomic mass is 9.93. The number of ether oxygens (including phenoxy) is 4. The maximum absolute atomic E-state index is 13.9. The van der Waals surface area contributed by atoms with Gasteiger partial charge in [-0.05, 0) is 65.8 Å². The summed E-state index contributed by atoms with van der Waals surface area (Å²) in [5.74, 6) is 0.905. The molecule has 56 heavy (non-hydrogen) atoms. The number of carbonyl (C=O) groups excluding carboxylic acids is 4.